The van der Waals surface area contributed by atoms with Crippen LogP contribution in [0.25, 0.3) is 10.3 Å². The lowest BCUT2D eigenvalue weighted by atomic mass is 9.71. The molecular weight excluding hydrogens is 364 g/mol. The van der Waals surface area contributed by atoms with Crippen molar-refractivity contribution >= 4 is 39.3 Å². The lowest BCUT2D eigenvalue weighted by molar-refractivity contribution is -0.150. The van der Waals surface area contributed by atoms with Crippen LogP contribution in [0.2, 0.25) is 0 Å². The summed E-state index contributed by atoms with van der Waals surface area (Å²) in [5, 5.41) is 0. The highest BCUT2D eigenvalue weighted by Crippen LogP contribution is 2.54. The number of amides is 2. The number of anilines is 1. The molecule has 0 radical (unpaired) electrons. The van der Waals surface area contributed by atoms with Crippen molar-refractivity contribution in [1.29, 1.82) is 0 Å². The van der Waals surface area contributed by atoms with Gasteiger partial charge in [0.15, 0.2) is 11.5 Å². The molecule has 2 atom stereocenters. The fraction of sp³-hybridized carbons (Fsp3) is 0.611. The predicted octanol–water partition coefficient (Wildman–Crippen LogP) is 0.882. The molecule has 1 saturated carbocycles. The zero-order chi connectivity index (χ0) is 19.0. The molecule has 8 nitrogen and oxygen atoms in total. The quantitative estimate of drug-likeness (QED) is 0.840. The van der Waals surface area contributed by atoms with Crippen molar-refractivity contribution < 1.29 is 9.59 Å². The molecule has 142 valence electrons. The first-order valence-corrected chi connectivity index (χ1v) is 10.1. The molecule has 27 heavy (non-hydrogen) atoms. The van der Waals surface area contributed by atoms with Gasteiger partial charge in [0.25, 0.3) is 0 Å². The third-order valence-corrected chi connectivity index (χ3v) is 7.35. The van der Waals surface area contributed by atoms with Crippen LogP contribution in [-0.2, 0) is 9.59 Å². The number of rotatable bonds is 3. The maximum atomic E-state index is 12.7. The summed E-state index contributed by atoms with van der Waals surface area (Å²) < 4.78 is 0.921. The first kappa shape index (κ1) is 16.9. The van der Waals surface area contributed by atoms with E-state index in [0.29, 0.717) is 31.8 Å². The molecule has 2 N–H and O–H groups in total. The van der Waals surface area contributed by atoms with Crippen LogP contribution >= 0.6 is 11.3 Å². The number of fused-ring (bicyclic) bond motifs is 1. The van der Waals surface area contributed by atoms with Gasteiger partial charge < -0.3 is 15.5 Å². The monoisotopic (exact) mass is 386 g/mol. The van der Waals surface area contributed by atoms with E-state index in [1.807, 2.05) is 4.90 Å². The van der Waals surface area contributed by atoms with Crippen molar-refractivity contribution in [3.05, 3.63) is 11.8 Å². The Morgan fingerprint density at radius 2 is 1.93 bits per heavy atom. The Labute approximate surface area is 160 Å². The molecule has 3 fully saturated rings. The van der Waals surface area contributed by atoms with Gasteiger partial charge in [-0.1, -0.05) is 13.8 Å². The van der Waals surface area contributed by atoms with Gasteiger partial charge >= 0.3 is 0 Å². The number of likely N-dealkylation sites (tertiary alicyclic amines) is 1. The summed E-state index contributed by atoms with van der Waals surface area (Å²) in [6, 6.07) is 0. The molecule has 2 saturated heterocycles. The number of hydrogen-bond donors (Lipinski definition) is 1. The Kier molecular flexibility index (Phi) is 3.35. The smallest absolute Gasteiger partial charge is 0.226 e. The first-order chi connectivity index (χ1) is 12.8. The molecule has 1 aliphatic carbocycles. The van der Waals surface area contributed by atoms with Crippen molar-refractivity contribution in [2.45, 2.75) is 20.3 Å². The van der Waals surface area contributed by atoms with Crippen LogP contribution in [0.1, 0.15) is 20.3 Å². The van der Waals surface area contributed by atoms with Gasteiger partial charge in [-0.05, 0) is 11.8 Å². The largest absolute Gasteiger partial charge is 0.369 e. The molecule has 1 spiro atoms. The van der Waals surface area contributed by atoms with Gasteiger partial charge in [-0.3, -0.25) is 9.59 Å². The molecule has 2 amide bonds. The Morgan fingerprint density at radius 3 is 2.59 bits per heavy atom. The molecule has 0 bridgehead atoms. The molecule has 5 rings (SSSR count). The van der Waals surface area contributed by atoms with Gasteiger partial charge in [-0.25, -0.2) is 15.0 Å². The lowest BCUT2D eigenvalue weighted by Gasteiger charge is -2.50. The highest BCUT2D eigenvalue weighted by atomic mass is 32.1. The van der Waals surface area contributed by atoms with Crippen LogP contribution in [0, 0.1) is 22.7 Å². The Hall–Kier alpha value is -2.29. The summed E-state index contributed by atoms with van der Waals surface area (Å²) in [6.07, 6.45) is 2.46. The van der Waals surface area contributed by atoms with Crippen LogP contribution in [0.4, 0.5) is 5.82 Å². The van der Waals surface area contributed by atoms with Crippen molar-refractivity contribution in [3.63, 3.8) is 0 Å². The summed E-state index contributed by atoms with van der Waals surface area (Å²) >= 11 is 1.50. The normalized spacial score (nSPS) is 27.8. The minimum atomic E-state index is -0.300. The van der Waals surface area contributed by atoms with Gasteiger partial charge in [0.05, 0.1) is 11.4 Å². The molecule has 2 aromatic heterocycles. The summed E-state index contributed by atoms with van der Waals surface area (Å²) in [4.78, 5) is 41.8. The van der Waals surface area contributed by atoms with Gasteiger partial charge in [-0.2, -0.15) is 0 Å². The molecule has 2 aromatic rings. The number of primary amides is 1. The zero-order valence-electron chi connectivity index (χ0n) is 15.4. The van der Waals surface area contributed by atoms with Gasteiger partial charge in [0.1, 0.15) is 11.0 Å². The van der Waals surface area contributed by atoms with E-state index < -0.39 is 0 Å². The highest BCUT2D eigenvalue weighted by molar-refractivity contribution is 7.17. The van der Waals surface area contributed by atoms with E-state index in [4.69, 9.17) is 5.73 Å². The number of carbonyl (C=O) groups excluding carboxylic acids is 2. The molecule has 4 heterocycles. The molecule has 1 unspecified atom stereocenters. The van der Waals surface area contributed by atoms with E-state index in [1.165, 1.54) is 17.7 Å². The maximum absolute atomic E-state index is 12.7. The minimum absolute atomic E-state index is 0.114. The van der Waals surface area contributed by atoms with Crippen molar-refractivity contribution in [1.82, 2.24) is 19.9 Å². The van der Waals surface area contributed by atoms with Crippen molar-refractivity contribution in [2.24, 2.45) is 28.4 Å². The van der Waals surface area contributed by atoms with Crippen molar-refractivity contribution in [3.8, 4) is 0 Å². The minimum Gasteiger partial charge on any atom is -0.369 e. The van der Waals surface area contributed by atoms with Gasteiger partial charge in [-0.15, -0.1) is 11.3 Å². The number of thiazole rings is 1. The van der Waals surface area contributed by atoms with Crippen LogP contribution < -0.4 is 10.6 Å². The highest BCUT2D eigenvalue weighted by Gasteiger charge is 2.61. The number of nitrogens with two attached hydrogens (primary N) is 1. The molecular formula is C18H22N6O2S. The lowest BCUT2D eigenvalue weighted by Crippen LogP contribution is -2.64. The Bertz CT molecular complexity index is 950. The first-order valence-electron chi connectivity index (χ1n) is 9.18. The third-order valence-electron chi connectivity index (χ3n) is 6.54. The summed E-state index contributed by atoms with van der Waals surface area (Å²) in [6.45, 7) is 6.64. The second kappa shape index (κ2) is 5.37. The molecule has 2 aliphatic heterocycles. The average molecular weight is 386 g/mol. The Balaban J connectivity index is 1.38. The summed E-state index contributed by atoms with van der Waals surface area (Å²) in [5.41, 5.74) is 8.00. The van der Waals surface area contributed by atoms with E-state index in [2.05, 4.69) is 33.7 Å². The van der Waals surface area contributed by atoms with Crippen molar-refractivity contribution in [2.75, 3.05) is 31.1 Å². The molecule has 9 heteroatoms. The maximum Gasteiger partial charge on any atom is 0.226 e. The standard InChI is InChI=1S/C18H22N6O2S/c1-17(2)3-10(17)16(26)24-6-18(7-24)5-23(4-11(18)13(19)25)15-12-14(20-8-21-15)22-9-27-12/h8-11H,3-7H2,1-2H3,(H2,19,25)/t10-,11?/m1/s1. The van der Waals surface area contributed by atoms with E-state index >= 15 is 0 Å². The fourth-order valence-electron chi connectivity index (χ4n) is 4.73. The molecule has 0 aromatic carbocycles. The summed E-state index contributed by atoms with van der Waals surface area (Å²) in [7, 11) is 0. The topological polar surface area (TPSA) is 105 Å². The summed E-state index contributed by atoms with van der Waals surface area (Å²) in [5.74, 6) is 0.564. The second-order valence-corrected chi connectivity index (χ2v) is 9.69. The van der Waals surface area contributed by atoms with Crippen LogP contribution in [0.15, 0.2) is 11.8 Å². The van der Waals surface area contributed by atoms with Crippen LogP contribution in [-0.4, -0.2) is 57.8 Å². The number of carbonyl (C=O) groups is 2. The predicted molar refractivity (Wildman–Crippen MR) is 101 cm³/mol. The van der Waals surface area contributed by atoms with Gasteiger partial charge in [0.2, 0.25) is 11.8 Å². The van der Waals surface area contributed by atoms with E-state index in [-0.39, 0.29) is 34.5 Å². The number of aromatic nitrogens is 3. The van der Waals surface area contributed by atoms with Crippen LogP contribution in [0.3, 0.4) is 0 Å². The van der Waals surface area contributed by atoms with Gasteiger partial charge in [0, 0.05) is 37.5 Å². The second-order valence-electron chi connectivity index (χ2n) is 8.84. The van der Waals surface area contributed by atoms with Crippen LogP contribution in [0.5, 0.6) is 0 Å². The number of hydrogen-bond acceptors (Lipinski definition) is 7. The van der Waals surface area contributed by atoms with E-state index in [1.54, 1.807) is 5.51 Å². The fourth-order valence-corrected chi connectivity index (χ4v) is 5.48. The Morgan fingerprint density at radius 1 is 1.19 bits per heavy atom. The SMILES string of the molecule is CC1(C)C[C@@H]1C(=O)N1CC2(C1)CN(c1ncnc3ncsc13)CC2C(N)=O. The zero-order valence-corrected chi connectivity index (χ0v) is 16.2. The third kappa shape index (κ3) is 2.44. The van der Waals surface area contributed by atoms with E-state index in [0.717, 1.165) is 16.9 Å². The molecule has 3 aliphatic rings. The number of nitrogens with zero attached hydrogens (tertiary/aromatic N) is 5. The average Bonchev–Trinajstić information content (AvgIpc) is 2.98. The van der Waals surface area contributed by atoms with E-state index in [9.17, 15) is 9.59 Å².